The Kier molecular flexibility index (Phi) is 3.51. The number of fused-ring (bicyclic) bond motifs is 1. The number of imidazole rings is 1. The Morgan fingerprint density at radius 1 is 1.47 bits per heavy atom. The summed E-state index contributed by atoms with van der Waals surface area (Å²) in [6.07, 6.45) is 0. The Hall–Kier alpha value is -0.910. The lowest BCUT2D eigenvalue weighted by molar-refractivity contribution is -0.133. The molecular weight excluding hydrogens is 283 g/mol. The molecule has 0 amide bonds. The van der Waals surface area contributed by atoms with Crippen molar-refractivity contribution in [3.63, 3.8) is 0 Å². The van der Waals surface area contributed by atoms with Crippen LogP contribution in [0.2, 0.25) is 10.0 Å². The fourth-order valence-electron chi connectivity index (χ4n) is 1.42. The summed E-state index contributed by atoms with van der Waals surface area (Å²) < 4.78 is 1.80. The van der Waals surface area contributed by atoms with Crippen LogP contribution in [0.4, 0.5) is 0 Å². The third-order valence-electron chi connectivity index (χ3n) is 2.21. The third-order valence-corrected chi connectivity index (χ3v) is 3.94. The van der Waals surface area contributed by atoms with Gasteiger partial charge in [0.05, 0.1) is 26.8 Å². The highest BCUT2D eigenvalue weighted by molar-refractivity contribution is 7.99. The molecule has 0 aliphatic carbocycles. The number of aryl methyl sites for hydroxylation is 1. The lowest BCUT2D eigenvalue weighted by Crippen LogP contribution is -2.00. The minimum atomic E-state index is -0.877. The lowest BCUT2D eigenvalue weighted by Gasteiger charge is -2.00. The van der Waals surface area contributed by atoms with Gasteiger partial charge in [0, 0.05) is 7.05 Å². The zero-order chi connectivity index (χ0) is 12.6. The molecule has 0 radical (unpaired) electrons. The molecule has 0 spiro atoms. The van der Waals surface area contributed by atoms with Crippen LogP contribution >= 0.6 is 35.0 Å². The van der Waals surface area contributed by atoms with E-state index in [9.17, 15) is 4.79 Å². The van der Waals surface area contributed by atoms with Crippen molar-refractivity contribution in [2.45, 2.75) is 5.16 Å². The number of carbonyl (C=O) groups is 1. The van der Waals surface area contributed by atoms with Gasteiger partial charge >= 0.3 is 5.97 Å². The highest BCUT2D eigenvalue weighted by Gasteiger charge is 2.12. The third kappa shape index (κ3) is 2.51. The molecule has 2 rings (SSSR count). The van der Waals surface area contributed by atoms with E-state index in [1.54, 1.807) is 16.7 Å². The number of thioether (sulfide) groups is 1. The minimum Gasteiger partial charge on any atom is -0.481 e. The van der Waals surface area contributed by atoms with Gasteiger partial charge in [-0.05, 0) is 12.1 Å². The summed E-state index contributed by atoms with van der Waals surface area (Å²) in [5.41, 5.74) is 1.53. The van der Waals surface area contributed by atoms with Gasteiger partial charge < -0.3 is 9.67 Å². The minimum absolute atomic E-state index is 0.0291. The molecule has 1 N–H and O–H groups in total. The van der Waals surface area contributed by atoms with Gasteiger partial charge in [-0.3, -0.25) is 4.79 Å². The Bertz CT molecular complexity index is 597. The summed E-state index contributed by atoms with van der Waals surface area (Å²) in [5, 5.41) is 10.1. The van der Waals surface area contributed by atoms with Crippen molar-refractivity contribution in [3.8, 4) is 0 Å². The van der Waals surface area contributed by atoms with Gasteiger partial charge in [-0.25, -0.2) is 4.98 Å². The Balaban J connectivity index is 2.45. The largest absolute Gasteiger partial charge is 0.481 e. The summed E-state index contributed by atoms with van der Waals surface area (Å²) in [6, 6.07) is 3.39. The van der Waals surface area contributed by atoms with Crippen molar-refractivity contribution in [3.05, 3.63) is 22.2 Å². The fourth-order valence-corrected chi connectivity index (χ4v) is 2.44. The number of carboxylic acid groups (broad SMARTS) is 1. The molecule has 1 aromatic carbocycles. The van der Waals surface area contributed by atoms with E-state index in [1.807, 2.05) is 7.05 Å². The number of hydrogen-bond donors (Lipinski definition) is 1. The second-order valence-electron chi connectivity index (χ2n) is 3.39. The number of aliphatic carboxylic acids is 1. The van der Waals surface area contributed by atoms with E-state index in [-0.39, 0.29) is 5.75 Å². The van der Waals surface area contributed by atoms with Crippen LogP contribution in [-0.2, 0) is 11.8 Å². The standard InChI is InChI=1S/C10H8Cl2N2O2S/c1-14-8-3-6(12)5(11)2-7(8)13-10(14)17-4-9(15)16/h2-3H,4H2,1H3,(H,15,16). The van der Waals surface area contributed by atoms with Crippen LogP contribution in [0.15, 0.2) is 17.3 Å². The van der Waals surface area contributed by atoms with Gasteiger partial charge in [0.2, 0.25) is 0 Å². The van der Waals surface area contributed by atoms with Gasteiger partial charge in [-0.1, -0.05) is 35.0 Å². The molecule has 90 valence electrons. The molecule has 1 heterocycles. The van der Waals surface area contributed by atoms with Gasteiger partial charge in [0.1, 0.15) is 0 Å². The van der Waals surface area contributed by atoms with E-state index in [0.29, 0.717) is 20.7 Å². The number of halogens is 2. The van der Waals surface area contributed by atoms with Crippen LogP contribution < -0.4 is 0 Å². The summed E-state index contributed by atoms with van der Waals surface area (Å²) in [6.45, 7) is 0. The number of carboxylic acids is 1. The van der Waals surface area contributed by atoms with Crippen LogP contribution in [0.25, 0.3) is 11.0 Å². The maximum Gasteiger partial charge on any atom is 0.313 e. The van der Waals surface area contributed by atoms with E-state index in [4.69, 9.17) is 28.3 Å². The Morgan fingerprint density at radius 3 is 2.76 bits per heavy atom. The Labute approximate surface area is 112 Å². The van der Waals surface area contributed by atoms with Crippen LogP contribution in [0, 0.1) is 0 Å². The van der Waals surface area contributed by atoms with Crippen molar-refractivity contribution >= 4 is 52.0 Å². The SMILES string of the molecule is Cn1c(SCC(=O)O)nc2cc(Cl)c(Cl)cc21. The first-order chi connectivity index (χ1) is 7.99. The van der Waals surface area contributed by atoms with Crippen molar-refractivity contribution in [1.29, 1.82) is 0 Å². The number of aromatic nitrogens is 2. The smallest absolute Gasteiger partial charge is 0.313 e. The van der Waals surface area contributed by atoms with Crippen molar-refractivity contribution in [2.24, 2.45) is 7.05 Å². The average Bonchev–Trinajstić information content (AvgIpc) is 2.54. The predicted octanol–water partition coefficient (Wildman–Crippen LogP) is 3.06. The number of hydrogen-bond acceptors (Lipinski definition) is 3. The summed E-state index contributed by atoms with van der Waals surface area (Å²) >= 11 is 13.0. The zero-order valence-electron chi connectivity index (χ0n) is 8.78. The van der Waals surface area contributed by atoms with Gasteiger partial charge in [0.25, 0.3) is 0 Å². The molecule has 0 saturated carbocycles. The first-order valence-corrected chi connectivity index (χ1v) is 6.39. The quantitative estimate of drug-likeness (QED) is 0.883. The van der Waals surface area contributed by atoms with Gasteiger partial charge in [-0.2, -0.15) is 0 Å². The van der Waals surface area contributed by atoms with Crippen molar-refractivity contribution in [1.82, 2.24) is 9.55 Å². The molecule has 7 heteroatoms. The van der Waals surface area contributed by atoms with E-state index >= 15 is 0 Å². The van der Waals surface area contributed by atoms with E-state index in [2.05, 4.69) is 4.98 Å². The van der Waals surface area contributed by atoms with Gasteiger partial charge in [-0.15, -0.1) is 0 Å². The summed E-state index contributed by atoms with van der Waals surface area (Å²) in [7, 11) is 1.81. The Morgan fingerprint density at radius 2 is 2.12 bits per heavy atom. The molecule has 17 heavy (non-hydrogen) atoms. The van der Waals surface area contributed by atoms with E-state index < -0.39 is 5.97 Å². The van der Waals surface area contributed by atoms with E-state index in [0.717, 1.165) is 17.3 Å². The average molecular weight is 291 g/mol. The maximum atomic E-state index is 10.5. The highest BCUT2D eigenvalue weighted by Crippen LogP contribution is 2.30. The zero-order valence-corrected chi connectivity index (χ0v) is 11.1. The topological polar surface area (TPSA) is 55.1 Å². The second kappa shape index (κ2) is 4.76. The molecule has 0 atom stereocenters. The van der Waals surface area contributed by atoms with Crippen molar-refractivity contribution < 1.29 is 9.90 Å². The molecule has 4 nitrogen and oxygen atoms in total. The van der Waals surface area contributed by atoms with E-state index in [1.165, 1.54) is 0 Å². The monoisotopic (exact) mass is 290 g/mol. The first-order valence-electron chi connectivity index (χ1n) is 4.65. The molecule has 0 saturated heterocycles. The normalized spacial score (nSPS) is 11.0. The number of rotatable bonds is 3. The fraction of sp³-hybridized carbons (Fsp3) is 0.200. The maximum absolute atomic E-state index is 10.5. The molecule has 0 unspecified atom stereocenters. The van der Waals surface area contributed by atoms with Crippen LogP contribution in [-0.4, -0.2) is 26.4 Å². The molecule has 0 aliphatic heterocycles. The molecule has 0 bridgehead atoms. The number of nitrogens with zero attached hydrogens (tertiary/aromatic N) is 2. The molecular formula is C10H8Cl2N2O2S. The molecule has 2 aromatic rings. The predicted molar refractivity (Wildman–Crippen MR) is 69.1 cm³/mol. The first kappa shape index (κ1) is 12.5. The van der Waals surface area contributed by atoms with Crippen LogP contribution in [0.1, 0.15) is 0 Å². The molecule has 1 aromatic heterocycles. The van der Waals surface area contributed by atoms with Crippen LogP contribution in [0.5, 0.6) is 0 Å². The second-order valence-corrected chi connectivity index (χ2v) is 5.15. The van der Waals surface area contributed by atoms with Crippen molar-refractivity contribution in [2.75, 3.05) is 5.75 Å². The summed E-state index contributed by atoms with van der Waals surface area (Å²) in [5.74, 6) is -0.906. The molecule has 0 fully saturated rings. The van der Waals surface area contributed by atoms with Crippen LogP contribution in [0.3, 0.4) is 0 Å². The summed E-state index contributed by atoms with van der Waals surface area (Å²) in [4.78, 5) is 14.8. The molecule has 0 aliphatic rings. The highest BCUT2D eigenvalue weighted by atomic mass is 35.5. The number of benzene rings is 1. The lowest BCUT2D eigenvalue weighted by atomic mass is 10.3. The van der Waals surface area contributed by atoms with Gasteiger partial charge in [0.15, 0.2) is 5.16 Å².